The van der Waals surface area contributed by atoms with Crippen molar-refractivity contribution in [3.05, 3.63) is 58.7 Å². The molecule has 2 N–H and O–H groups in total. The summed E-state index contributed by atoms with van der Waals surface area (Å²) in [6, 6.07) is 13.3. The summed E-state index contributed by atoms with van der Waals surface area (Å²) in [5, 5.41) is 7.38. The van der Waals surface area contributed by atoms with Gasteiger partial charge in [0, 0.05) is 25.7 Å². The molecule has 0 spiro atoms. The van der Waals surface area contributed by atoms with Crippen LogP contribution in [0.25, 0.3) is 0 Å². The van der Waals surface area contributed by atoms with Crippen LogP contribution in [0.15, 0.2) is 36.4 Å². The Labute approximate surface area is 185 Å². The number of nitrogens with one attached hydrogen (secondary N) is 2. The number of thiocarbonyl (C=S) groups is 1. The van der Waals surface area contributed by atoms with E-state index in [9.17, 15) is 0 Å². The van der Waals surface area contributed by atoms with E-state index < -0.39 is 0 Å². The third-order valence-corrected chi connectivity index (χ3v) is 5.96. The molecule has 1 aliphatic rings. The van der Waals surface area contributed by atoms with Crippen molar-refractivity contribution in [3.8, 4) is 11.5 Å². The zero-order valence-corrected chi connectivity index (χ0v) is 19.4. The largest absolute Gasteiger partial charge is 0.493 e. The smallest absolute Gasteiger partial charge is 0.166 e. The quantitative estimate of drug-likeness (QED) is 0.652. The number of ether oxygens (including phenoxy) is 2. The molecule has 0 radical (unpaired) electrons. The van der Waals surface area contributed by atoms with Crippen LogP contribution in [-0.4, -0.2) is 43.4 Å². The highest BCUT2D eigenvalue weighted by Gasteiger charge is 2.33. The first-order valence-electron chi connectivity index (χ1n) is 10.6. The molecule has 5 nitrogen and oxygen atoms in total. The lowest BCUT2D eigenvalue weighted by Crippen LogP contribution is -2.49. The molecule has 2 aromatic carbocycles. The molecule has 2 aromatic rings. The molecule has 162 valence electrons. The van der Waals surface area contributed by atoms with Gasteiger partial charge in [0.15, 0.2) is 16.6 Å². The number of hydrogen-bond donors (Lipinski definition) is 2. The monoisotopic (exact) mass is 427 g/mol. The number of rotatable bonds is 7. The van der Waals surface area contributed by atoms with E-state index in [1.165, 1.54) is 22.3 Å². The van der Waals surface area contributed by atoms with Crippen molar-refractivity contribution < 1.29 is 9.47 Å². The number of fused-ring (bicyclic) bond motifs is 1. The van der Waals surface area contributed by atoms with Crippen molar-refractivity contribution in [2.45, 2.75) is 45.8 Å². The number of nitrogens with zero attached hydrogens (tertiary/aromatic N) is 1. The SMILES string of the molecule is CCNC(=S)N[C@H](C)[C@H]1c2cc(OC)c(OC)cc2CCN1Cc1ccc(C)cc1. The summed E-state index contributed by atoms with van der Waals surface area (Å²) in [7, 11) is 3.38. The molecule has 0 unspecified atom stereocenters. The Balaban J connectivity index is 1.96. The minimum Gasteiger partial charge on any atom is -0.493 e. The van der Waals surface area contributed by atoms with Gasteiger partial charge in [-0.15, -0.1) is 0 Å². The second-order valence-electron chi connectivity index (χ2n) is 7.85. The Bertz CT molecular complexity index is 869. The first kappa shape index (κ1) is 22.4. The lowest BCUT2D eigenvalue weighted by Gasteiger charge is -2.41. The molecule has 3 rings (SSSR count). The van der Waals surface area contributed by atoms with E-state index in [0.29, 0.717) is 5.11 Å². The molecule has 0 aromatic heterocycles. The van der Waals surface area contributed by atoms with Crippen molar-refractivity contribution in [3.63, 3.8) is 0 Å². The van der Waals surface area contributed by atoms with Crippen molar-refractivity contribution in [2.24, 2.45) is 0 Å². The van der Waals surface area contributed by atoms with E-state index in [2.05, 4.69) is 72.7 Å². The van der Waals surface area contributed by atoms with E-state index in [1.807, 2.05) is 0 Å². The van der Waals surface area contributed by atoms with Gasteiger partial charge < -0.3 is 20.1 Å². The Morgan fingerprint density at radius 2 is 1.83 bits per heavy atom. The van der Waals surface area contributed by atoms with Gasteiger partial charge in [0.1, 0.15) is 0 Å². The third-order valence-electron chi connectivity index (χ3n) is 5.70. The Kier molecular flexibility index (Phi) is 7.56. The number of methoxy groups -OCH3 is 2. The maximum atomic E-state index is 5.61. The first-order valence-corrected chi connectivity index (χ1v) is 11.0. The van der Waals surface area contributed by atoms with Crippen LogP contribution >= 0.6 is 12.2 Å². The fourth-order valence-electron chi connectivity index (χ4n) is 4.22. The molecule has 0 amide bonds. The molecule has 30 heavy (non-hydrogen) atoms. The topological polar surface area (TPSA) is 45.8 Å². The van der Waals surface area contributed by atoms with Crippen LogP contribution in [-0.2, 0) is 13.0 Å². The van der Waals surface area contributed by atoms with E-state index in [-0.39, 0.29) is 12.1 Å². The van der Waals surface area contributed by atoms with E-state index in [4.69, 9.17) is 21.7 Å². The maximum Gasteiger partial charge on any atom is 0.166 e. The zero-order chi connectivity index (χ0) is 21.7. The summed E-state index contributed by atoms with van der Waals surface area (Å²) in [5.74, 6) is 1.55. The fourth-order valence-corrected chi connectivity index (χ4v) is 4.55. The predicted octanol–water partition coefficient (Wildman–Crippen LogP) is 3.98. The van der Waals surface area contributed by atoms with Gasteiger partial charge in [-0.05, 0) is 68.2 Å². The van der Waals surface area contributed by atoms with Crippen LogP contribution in [0.1, 0.15) is 42.1 Å². The van der Waals surface area contributed by atoms with Gasteiger partial charge in [-0.1, -0.05) is 29.8 Å². The van der Waals surface area contributed by atoms with Crippen LogP contribution < -0.4 is 20.1 Å². The number of aryl methyl sites for hydroxylation is 1. The van der Waals surface area contributed by atoms with Crippen molar-refractivity contribution in [1.82, 2.24) is 15.5 Å². The predicted molar refractivity (Wildman–Crippen MR) is 126 cm³/mol. The molecule has 1 aliphatic heterocycles. The molecule has 2 atom stereocenters. The molecule has 0 bridgehead atoms. The number of benzene rings is 2. The lowest BCUT2D eigenvalue weighted by atomic mass is 9.87. The molecule has 0 aliphatic carbocycles. The average Bonchev–Trinajstić information content (AvgIpc) is 2.74. The van der Waals surface area contributed by atoms with Gasteiger partial charge in [0.25, 0.3) is 0 Å². The van der Waals surface area contributed by atoms with Crippen molar-refractivity contribution in [2.75, 3.05) is 27.3 Å². The van der Waals surface area contributed by atoms with Crippen LogP contribution in [0.5, 0.6) is 11.5 Å². The maximum absolute atomic E-state index is 5.61. The summed E-state index contributed by atoms with van der Waals surface area (Å²) in [6.07, 6.45) is 0.975. The van der Waals surface area contributed by atoms with E-state index in [0.717, 1.165) is 37.6 Å². The summed E-state index contributed by atoms with van der Waals surface area (Å²) in [6.45, 7) is 9.03. The fraction of sp³-hybridized carbons (Fsp3) is 0.458. The minimum atomic E-state index is 0.124. The van der Waals surface area contributed by atoms with Crippen LogP contribution in [0.3, 0.4) is 0 Å². The summed E-state index contributed by atoms with van der Waals surface area (Å²) >= 11 is 5.48. The molecule has 0 saturated carbocycles. The normalized spacial score (nSPS) is 17.0. The molecular weight excluding hydrogens is 394 g/mol. The minimum absolute atomic E-state index is 0.124. The van der Waals surface area contributed by atoms with Crippen molar-refractivity contribution in [1.29, 1.82) is 0 Å². The summed E-state index contributed by atoms with van der Waals surface area (Å²) in [5.41, 5.74) is 5.17. The highest BCUT2D eigenvalue weighted by molar-refractivity contribution is 7.80. The van der Waals surface area contributed by atoms with Crippen molar-refractivity contribution >= 4 is 17.3 Å². The first-order chi connectivity index (χ1) is 14.5. The molecule has 6 heteroatoms. The van der Waals surface area contributed by atoms with Crippen LogP contribution in [0, 0.1) is 6.92 Å². The zero-order valence-electron chi connectivity index (χ0n) is 18.6. The highest BCUT2D eigenvalue weighted by Crippen LogP contribution is 2.40. The summed E-state index contributed by atoms with van der Waals surface area (Å²) < 4.78 is 11.2. The van der Waals surface area contributed by atoms with Gasteiger partial charge in [0.05, 0.1) is 20.3 Å². The second kappa shape index (κ2) is 10.1. The van der Waals surface area contributed by atoms with Crippen LogP contribution in [0.2, 0.25) is 0 Å². The summed E-state index contributed by atoms with van der Waals surface area (Å²) in [4.78, 5) is 2.53. The average molecular weight is 428 g/mol. The lowest BCUT2D eigenvalue weighted by molar-refractivity contribution is 0.149. The van der Waals surface area contributed by atoms with E-state index in [1.54, 1.807) is 14.2 Å². The second-order valence-corrected chi connectivity index (χ2v) is 8.26. The van der Waals surface area contributed by atoms with Gasteiger partial charge in [-0.3, -0.25) is 4.90 Å². The van der Waals surface area contributed by atoms with Crippen LogP contribution in [0.4, 0.5) is 0 Å². The Morgan fingerprint density at radius 3 is 2.47 bits per heavy atom. The molecular formula is C24H33N3O2S. The van der Waals surface area contributed by atoms with Gasteiger partial charge in [0.2, 0.25) is 0 Å². The van der Waals surface area contributed by atoms with Gasteiger partial charge >= 0.3 is 0 Å². The molecule has 0 fully saturated rings. The molecule has 1 heterocycles. The highest BCUT2D eigenvalue weighted by atomic mass is 32.1. The standard InChI is InChI=1S/C24H33N3O2S/c1-6-25-24(30)26-17(3)23-20-14-22(29-5)21(28-4)13-19(20)11-12-27(23)15-18-9-7-16(2)8-10-18/h7-10,13-14,17,23H,6,11-12,15H2,1-5H3,(H2,25,26,30)/t17-,23+/m1/s1. The Hall–Kier alpha value is -2.31. The van der Waals surface area contributed by atoms with Gasteiger partial charge in [-0.2, -0.15) is 0 Å². The Morgan fingerprint density at radius 1 is 1.17 bits per heavy atom. The number of hydrogen-bond acceptors (Lipinski definition) is 4. The van der Waals surface area contributed by atoms with Gasteiger partial charge in [-0.25, -0.2) is 0 Å². The van der Waals surface area contributed by atoms with E-state index >= 15 is 0 Å². The molecule has 0 saturated heterocycles. The third kappa shape index (κ3) is 5.05.